The lowest BCUT2D eigenvalue weighted by molar-refractivity contribution is 0.102. The number of halogens is 1. The lowest BCUT2D eigenvalue weighted by Gasteiger charge is -2.04. The first-order chi connectivity index (χ1) is 14.4. The standard InChI is InChI=1S/C22H20ClN5OS/c1-13-9-10-17(24-14(13)2)18-12-30-22(25-18)26-21(29)19-15(3)27-28(20(19)23)11-16-7-5-4-6-8-16/h4-10,12H,11H2,1-3H3,(H,25,26,29). The van der Waals surface area contributed by atoms with Crippen LogP contribution in [0.2, 0.25) is 5.15 Å². The summed E-state index contributed by atoms with van der Waals surface area (Å²) in [6.45, 7) is 6.25. The summed E-state index contributed by atoms with van der Waals surface area (Å²) in [5.41, 5.74) is 5.56. The van der Waals surface area contributed by atoms with Gasteiger partial charge in [0.2, 0.25) is 0 Å². The Morgan fingerprint density at radius 2 is 1.80 bits per heavy atom. The number of benzene rings is 1. The van der Waals surface area contributed by atoms with Crippen LogP contribution in [-0.2, 0) is 6.54 Å². The SMILES string of the molecule is Cc1ccc(-c2csc(NC(=O)c3c(C)nn(Cc4ccccc4)c3Cl)n2)nc1C. The Kier molecular flexibility index (Phi) is 5.65. The third-order valence-corrected chi connectivity index (χ3v) is 5.95. The van der Waals surface area contributed by atoms with Gasteiger partial charge in [0.25, 0.3) is 5.91 Å². The van der Waals surface area contributed by atoms with Gasteiger partial charge in [-0.3, -0.25) is 15.1 Å². The molecule has 0 saturated heterocycles. The lowest BCUT2D eigenvalue weighted by atomic mass is 10.2. The van der Waals surface area contributed by atoms with E-state index in [9.17, 15) is 4.79 Å². The summed E-state index contributed by atoms with van der Waals surface area (Å²) in [6, 6.07) is 13.8. The number of hydrogen-bond donors (Lipinski definition) is 1. The Bertz CT molecular complexity index is 1220. The molecule has 152 valence electrons. The first-order valence-electron chi connectivity index (χ1n) is 9.40. The number of pyridine rings is 1. The van der Waals surface area contributed by atoms with Gasteiger partial charge < -0.3 is 0 Å². The molecule has 0 radical (unpaired) electrons. The quantitative estimate of drug-likeness (QED) is 0.461. The van der Waals surface area contributed by atoms with Gasteiger partial charge in [-0.25, -0.2) is 9.67 Å². The zero-order valence-electron chi connectivity index (χ0n) is 16.8. The average Bonchev–Trinajstić information content (AvgIpc) is 3.29. The molecule has 0 aliphatic rings. The third-order valence-electron chi connectivity index (χ3n) is 4.80. The highest BCUT2D eigenvalue weighted by atomic mass is 35.5. The number of aryl methyl sites for hydroxylation is 3. The molecule has 0 aliphatic heterocycles. The number of nitrogens with one attached hydrogen (secondary N) is 1. The zero-order valence-corrected chi connectivity index (χ0v) is 18.4. The predicted octanol–water partition coefficient (Wildman–Crippen LogP) is 5.28. The fourth-order valence-corrected chi connectivity index (χ4v) is 4.07. The molecule has 8 heteroatoms. The van der Waals surface area contributed by atoms with E-state index in [1.807, 2.05) is 61.7 Å². The lowest BCUT2D eigenvalue weighted by Crippen LogP contribution is -2.13. The molecular weight excluding hydrogens is 418 g/mol. The Labute approximate surface area is 183 Å². The van der Waals surface area contributed by atoms with E-state index in [4.69, 9.17) is 11.6 Å². The summed E-state index contributed by atoms with van der Waals surface area (Å²) in [4.78, 5) is 21.9. The van der Waals surface area contributed by atoms with Crippen LogP contribution in [0.4, 0.5) is 5.13 Å². The van der Waals surface area contributed by atoms with Crippen molar-refractivity contribution in [2.45, 2.75) is 27.3 Å². The molecule has 1 N–H and O–H groups in total. The Hall–Kier alpha value is -3.03. The van der Waals surface area contributed by atoms with E-state index in [1.165, 1.54) is 11.3 Å². The number of nitrogens with zero attached hydrogens (tertiary/aromatic N) is 4. The highest BCUT2D eigenvalue weighted by Crippen LogP contribution is 2.27. The van der Waals surface area contributed by atoms with E-state index >= 15 is 0 Å². The molecule has 30 heavy (non-hydrogen) atoms. The van der Waals surface area contributed by atoms with Crippen molar-refractivity contribution in [2.24, 2.45) is 0 Å². The van der Waals surface area contributed by atoms with E-state index in [-0.39, 0.29) is 5.91 Å². The normalized spacial score (nSPS) is 10.9. The van der Waals surface area contributed by atoms with E-state index < -0.39 is 0 Å². The molecule has 3 heterocycles. The molecular formula is C22H20ClN5OS. The molecule has 0 saturated carbocycles. The Balaban J connectivity index is 1.53. The maximum absolute atomic E-state index is 12.9. The maximum atomic E-state index is 12.9. The predicted molar refractivity (Wildman–Crippen MR) is 120 cm³/mol. The summed E-state index contributed by atoms with van der Waals surface area (Å²) in [6.07, 6.45) is 0. The van der Waals surface area contributed by atoms with Crippen LogP contribution < -0.4 is 5.32 Å². The summed E-state index contributed by atoms with van der Waals surface area (Å²) >= 11 is 7.83. The minimum Gasteiger partial charge on any atom is -0.298 e. The number of aromatic nitrogens is 4. The number of carbonyl (C=O) groups excluding carboxylic acids is 1. The van der Waals surface area contributed by atoms with Crippen molar-refractivity contribution in [1.82, 2.24) is 19.7 Å². The van der Waals surface area contributed by atoms with Gasteiger partial charge in [0.1, 0.15) is 10.8 Å². The van der Waals surface area contributed by atoms with Gasteiger partial charge >= 0.3 is 0 Å². The molecule has 0 atom stereocenters. The molecule has 0 aliphatic carbocycles. The van der Waals surface area contributed by atoms with Crippen LogP contribution in [0.15, 0.2) is 47.8 Å². The van der Waals surface area contributed by atoms with Gasteiger partial charge in [-0.05, 0) is 38.0 Å². The van der Waals surface area contributed by atoms with E-state index in [0.29, 0.717) is 28.1 Å². The molecule has 0 spiro atoms. The van der Waals surface area contributed by atoms with Crippen LogP contribution in [-0.4, -0.2) is 25.7 Å². The van der Waals surface area contributed by atoms with Crippen molar-refractivity contribution in [3.63, 3.8) is 0 Å². The fourth-order valence-electron chi connectivity index (χ4n) is 3.05. The number of anilines is 1. The maximum Gasteiger partial charge on any atom is 0.262 e. The van der Waals surface area contributed by atoms with Crippen molar-refractivity contribution in [3.05, 3.63) is 81.1 Å². The monoisotopic (exact) mass is 437 g/mol. The molecule has 0 unspecified atom stereocenters. The molecule has 6 nitrogen and oxygen atoms in total. The van der Waals surface area contributed by atoms with Crippen LogP contribution in [0.1, 0.15) is 32.9 Å². The summed E-state index contributed by atoms with van der Waals surface area (Å²) in [5.74, 6) is -0.328. The van der Waals surface area contributed by atoms with Gasteiger partial charge in [-0.15, -0.1) is 11.3 Å². The number of carbonyl (C=O) groups is 1. The van der Waals surface area contributed by atoms with Gasteiger partial charge in [-0.2, -0.15) is 5.10 Å². The molecule has 4 aromatic rings. The van der Waals surface area contributed by atoms with E-state index in [0.717, 1.165) is 28.2 Å². The molecule has 1 amide bonds. The molecule has 3 aromatic heterocycles. The Morgan fingerprint density at radius 1 is 1.03 bits per heavy atom. The topological polar surface area (TPSA) is 72.7 Å². The first-order valence-corrected chi connectivity index (χ1v) is 10.7. The van der Waals surface area contributed by atoms with Crippen LogP contribution in [0, 0.1) is 20.8 Å². The van der Waals surface area contributed by atoms with Gasteiger partial charge in [0.15, 0.2) is 5.13 Å². The molecule has 0 bridgehead atoms. The van der Waals surface area contributed by atoms with Crippen LogP contribution in [0.25, 0.3) is 11.4 Å². The third kappa shape index (κ3) is 4.13. The number of thiazole rings is 1. The van der Waals surface area contributed by atoms with Crippen molar-refractivity contribution in [2.75, 3.05) is 5.32 Å². The van der Waals surface area contributed by atoms with Crippen molar-refractivity contribution < 1.29 is 4.79 Å². The highest BCUT2D eigenvalue weighted by Gasteiger charge is 2.21. The minimum absolute atomic E-state index is 0.307. The average molecular weight is 438 g/mol. The van der Waals surface area contributed by atoms with Crippen molar-refractivity contribution in [3.8, 4) is 11.4 Å². The first kappa shape index (κ1) is 20.3. The second-order valence-electron chi connectivity index (χ2n) is 6.99. The van der Waals surface area contributed by atoms with Crippen LogP contribution in [0.3, 0.4) is 0 Å². The molecule has 0 fully saturated rings. The second-order valence-corrected chi connectivity index (χ2v) is 8.20. The van der Waals surface area contributed by atoms with E-state index in [1.54, 1.807) is 11.6 Å². The number of amides is 1. The summed E-state index contributed by atoms with van der Waals surface area (Å²) in [5, 5.41) is 9.94. The van der Waals surface area contributed by atoms with Crippen LogP contribution >= 0.6 is 22.9 Å². The van der Waals surface area contributed by atoms with Gasteiger partial charge in [-0.1, -0.05) is 48.0 Å². The number of hydrogen-bond acceptors (Lipinski definition) is 5. The van der Waals surface area contributed by atoms with Crippen molar-refractivity contribution >= 4 is 34.0 Å². The summed E-state index contributed by atoms with van der Waals surface area (Å²) in [7, 11) is 0. The van der Waals surface area contributed by atoms with Gasteiger partial charge in [0.05, 0.1) is 23.5 Å². The van der Waals surface area contributed by atoms with E-state index in [2.05, 4.69) is 20.4 Å². The second kappa shape index (κ2) is 8.38. The minimum atomic E-state index is -0.328. The van der Waals surface area contributed by atoms with Gasteiger partial charge in [0, 0.05) is 11.1 Å². The fraction of sp³-hybridized carbons (Fsp3) is 0.182. The smallest absolute Gasteiger partial charge is 0.262 e. The molecule has 1 aromatic carbocycles. The van der Waals surface area contributed by atoms with Crippen LogP contribution in [0.5, 0.6) is 0 Å². The summed E-state index contributed by atoms with van der Waals surface area (Å²) < 4.78 is 1.63. The molecule has 4 rings (SSSR count). The van der Waals surface area contributed by atoms with Crippen molar-refractivity contribution in [1.29, 1.82) is 0 Å². The highest BCUT2D eigenvalue weighted by molar-refractivity contribution is 7.14. The number of rotatable bonds is 5. The zero-order chi connectivity index (χ0) is 21.3. The Morgan fingerprint density at radius 3 is 2.53 bits per heavy atom. The largest absolute Gasteiger partial charge is 0.298 e.